The van der Waals surface area contributed by atoms with Crippen LogP contribution < -0.4 is 10.6 Å². The van der Waals surface area contributed by atoms with E-state index in [0.717, 1.165) is 18.7 Å². The Bertz CT molecular complexity index is 871. The lowest BCUT2D eigenvalue weighted by atomic mass is 10.1. The fourth-order valence-electron chi connectivity index (χ4n) is 3.00. The number of halogens is 1. The number of aryl methyl sites for hydroxylation is 1. The van der Waals surface area contributed by atoms with E-state index < -0.39 is 5.82 Å². The van der Waals surface area contributed by atoms with Crippen molar-refractivity contribution in [2.45, 2.75) is 38.6 Å². The zero-order valence-corrected chi connectivity index (χ0v) is 15.4. The van der Waals surface area contributed by atoms with E-state index >= 15 is 0 Å². The molecular weight excluding hydrogens is 349 g/mol. The van der Waals surface area contributed by atoms with Crippen LogP contribution in [0.25, 0.3) is 0 Å². The lowest BCUT2D eigenvalue weighted by Gasteiger charge is -2.25. The van der Waals surface area contributed by atoms with Gasteiger partial charge in [-0.15, -0.1) is 0 Å². The van der Waals surface area contributed by atoms with Crippen molar-refractivity contribution in [1.82, 2.24) is 25.4 Å². The van der Waals surface area contributed by atoms with Gasteiger partial charge in [-0.25, -0.2) is 14.1 Å². The second-order valence-electron chi connectivity index (χ2n) is 6.28. The molecule has 3 rings (SSSR count). The first-order chi connectivity index (χ1) is 13.1. The predicted octanol–water partition coefficient (Wildman–Crippen LogP) is 1.12. The molecule has 0 radical (unpaired) electrons. The van der Waals surface area contributed by atoms with E-state index in [1.165, 1.54) is 6.07 Å². The number of nitrogens with one attached hydrogen (secondary N) is 2. The molecule has 1 aromatic carbocycles. The molecule has 0 saturated heterocycles. The highest BCUT2D eigenvalue weighted by atomic mass is 19.1. The fourth-order valence-corrected chi connectivity index (χ4v) is 3.00. The number of guanidine groups is 1. The van der Waals surface area contributed by atoms with Crippen LogP contribution in [0.5, 0.6) is 0 Å². The number of ether oxygens (including phenoxy) is 1. The first-order valence-corrected chi connectivity index (χ1v) is 8.70. The largest absolute Gasteiger partial charge is 0.377 e. The van der Waals surface area contributed by atoms with E-state index in [2.05, 4.69) is 25.7 Å². The molecule has 27 heavy (non-hydrogen) atoms. The first-order valence-electron chi connectivity index (χ1n) is 8.70. The zero-order valence-electron chi connectivity index (χ0n) is 15.4. The van der Waals surface area contributed by atoms with Crippen LogP contribution in [-0.2, 0) is 30.9 Å². The summed E-state index contributed by atoms with van der Waals surface area (Å²) in [5, 5.41) is 19.7. The van der Waals surface area contributed by atoms with Gasteiger partial charge < -0.3 is 15.4 Å². The summed E-state index contributed by atoms with van der Waals surface area (Å²) in [6.07, 6.45) is 1.71. The highest BCUT2D eigenvalue weighted by Gasteiger charge is 2.22. The van der Waals surface area contributed by atoms with E-state index in [0.29, 0.717) is 36.1 Å². The molecule has 2 heterocycles. The molecule has 1 aromatic heterocycles. The second-order valence-corrected chi connectivity index (χ2v) is 6.28. The smallest absolute Gasteiger partial charge is 0.191 e. The molecule has 0 spiro atoms. The third kappa shape index (κ3) is 4.60. The van der Waals surface area contributed by atoms with Crippen LogP contribution in [0.1, 0.15) is 29.2 Å². The normalized spacial score (nSPS) is 16.5. The highest BCUT2D eigenvalue weighted by molar-refractivity contribution is 5.79. The number of nitrogens with zero attached hydrogens (tertiary/aromatic N) is 5. The number of nitriles is 1. The molecule has 0 aliphatic carbocycles. The number of methoxy groups -OCH3 is 1. The van der Waals surface area contributed by atoms with Gasteiger partial charge in [0.05, 0.1) is 18.2 Å². The Morgan fingerprint density at radius 3 is 3.07 bits per heavy atom. The molecule has 2 N–H and O–H groups in total. The van der Waals surface area contributed by atoms with Crippen molar-refractivity contribution < 1.29 is 9.13 Å². The molecular formula is C18H22FN7O. The lowest BCUT2D eigenvalue weighted by molar-refractivity contribution is 0.177. The average Bonchev–Trinajstić information content (AvgIpc) is 3.07. The van der Waals surface area contributed by atoms with E-state index in [1.807, 2.05) is 10.8 Å². The van der Waals surface area contributed by atoms with Crippen LogP contribution in [0, 0.1) is 17.1 Å². The second kappa shape index (κ2) is 8.60. The van der Waals surface area contributed by atoms with Crippen molar-refractivity contribution in [1.29, 1.82) is 5.26 Å². The van der Waals surface area contributed by atoms with E-state index in [-0.39, 0.29) is 12.6 Å². The minimum absolute atomic E-state index is 0.145. The summed E-state index contributed by atoms with van der Waals surface area (Å²) >= 11 is 0. The van der Waals surface area contributed by atoms with E-state index in [1.54, 1.807) is 26.3 Å². The van der Waals surface area contributed by atoms with Crippen molar-refractivity contribution >= 4 is 5.96 Å². The van der Waals surface area contributed by atoms with Gasteiger partial charge in [0.1, 0.15) is 18.2 Å². The maximum absolute atomic E-state index is 14.0. The van der Waals surface area contributed by atoms with Gasteiger partial charge in [0.2, 0.25) is 0 Å². The van der Waals surface area contributed by atoms with Gasteiger partial charge in [-0.2, -0.15) is 10.4 Å². The number of fused-ring (bicyclic) bond motifs is 1. The summed E-state index contributed by atoms with van der Waals surface area (Å²) in [4.78, 5) is 8.67. The van der Waals surface area contributed by atoms with Crippen LogP contribution in [0.3, 0.4) is 0 Å². The van der Waals surface area contributed by atoms with Crippen LogP contribution in [0.2, 0.25) is 0 Å². The third-order valence-electron chi connectivity index (χ3n) is 4.37. The summed E-state index contributed by atoms with van der Waals surface area (Å²) in [6.45, 7) is 1.35. The summed E-state index contributed by atoms with van der Waals surface area (Å²) in [5.41, 5.74) is 0.779. The van der Waals surface area contributed by atoms with Crippen molar-refractivity contribution in [3.8, 4) is 6.07 Å². The SMILES string of the molecule is CN=C(NCc1ccc(C#N)cc1F)NC1CCc2nc(COC)nn2C1. The number of benzene rings is 1. The van der Waals surface area contributed by atoms with Crippen LogP contribution >= 0.6 is 0 Å². The van der Waals surface area contributed by atoms with Crippen molar-refractivity contribution in [3.05, 3.63) is 46.8 Å². The number of hydrogen-bond acceptors (Lipinski definition) is 5. The maximum Gasteiger partial charge on any atom is 0.191 e. The summed E-state index contributed by atoms with van der Waals surface area (Å²) in [5.74, 6) is 1.83. The van der Waals surface area contributed by atoms with Gasteiger partial charge in [-0.1, -0.05) is 6.07 Å². The molecule has 1 atom stereocenters. The van der Waals surface area contributed by atoms with Gasteiger partial charge in [-0.05, 0) is 18.6 Å². The van der Waals surface area contributed by atoms with Crippen molar-refractivity contribution in [3.63, 3.8) is 0 Å². The average molecular weight is 371 g/mol. The van der Waals surface area contributed by atoms with Gasteiger partial charge in [0, 0.05) is 38.7 Å². The van der Waals surface area contributed by atoms with Crippen LogP contribution in [0.4, 0.5) is 4.39 Å². The minimum Gasteiger partial charge on any atom is -0.377 e. The number of hydrogen-bond donors (Lipinski definition) is 2. The molecule has 8 nitrogen and oxygen atoms in total. The Hall–Kier alpha value is -2.99. The van der Waals surface area contributed by atoms with Crippen molar-refractivity contribution in [2.24, 2.45) is 4.99 Å². The molecule has 0 amide bonds. The van der Waals surface area contributed by atoms with Gasteiger partial charge >= 0.3 is 0 Å². The first kappa shape index (κ1) is 18.8. The monoisotopic (exact) mass is 371 g/mol. The Morgan fingerprint density at radius 1 is 1.52 bits per heavy atom. The summed E-state index contributed by atoms with van der Waals surface area (Å²) in [6, 6.07) is 6.51. The van der Waals surface area contributed by atoms with Gasteiger partial charge in [0.15, 0.2) is 11.8 Å². The summed E-state index contributed by atoms with van der Waals surface area (Å²) in [7, 11) is 3.29. The molecule has 1 unspecified atom stereocenters. The Kier molecular flexibility index (Phi) is 5.98. The Balaban J connectivity index is 1.57. The number of aliphatic imine (C=N–C) groups is 1. The molecule has 0 bridgehead atoms. The lowest BCUT2D eigenvalue weighted by Crippen LogP contribution is -2.46. The van der Waals surface area contributed by atoms with Gasteiger partial charge in [-0.3, -0.25) is 4.99 Å². The third-order valence-corrected chi connectivity index (χ3v) is 4.37. The zero-order chi connectivity index (χ0) is 19.2. The van der Waals surface area contributed by atoms with Crippen LogP contribution in [0.15, 0.2) is 23.2 Å². The van der Waals surface area contributed by atoms with E-state index in [4.69, 9.17) is 10.00 Å². The maximum atomic E-state index is 14.0. The number of aromatic nitrogens is 3. The standard InChI is InChI=1S/C18H22FN7O/c1-21-18(22-9-13-4-3-12(8-20)7-15(13)19)23-14-5-6-17-24-16(11-27-2)25-26(17)10-14/h3-4,7,14H,5-6,9-11H2,1-2H3,(H2,21,22,23). The summed E-state index contributed by atoms with van der Waals surface area (Å²) < 4.78 is 21.0. The van der Waals surface area contributed by atoms with Crippen molar-refractivity contribution in [2.75, 3.05) is 14.2 Å². The Labute approximate surface area is 157 Å². The quantitative estimate of drug-likeness (QED) is 0.603. The fraction of sp³-hybridized carbons (Fsp3) is 0.444. The predicted molar refractivity (Wildman–Crippen MR) is 97.3 cm³/mol. The minimum atomic E-state index is -0.410. The number of rotatable bonds is 5. The molecule has 0 fully saturated rings. The van der Waals surface area contributed by atoms with E-state index in [9.17, 15) is 4.39 Å². The topological polar surface area (TPSA) is 100 Å². The molecule has 142 valence electrons. The molecule has 1 aliphatic rings. The van der Waals surface area contributed by atoms with Gasteiger partial charge in [0.25, 0.3) is 0 Å². The molecule has 1 aliphatic heterocycles. The van der Waals surface area contributed by atoms with Crippen LogP contribution in [-0.4, -0.2) is 40.9 Å². The highest BCUT2D eigenvalue weighted by Crippen LogP contribution is 2.14. The molecule has 2 aromatic rings. The molecule has 0 saturated carbocycles. The molecule has 9 heteroatoms. The Morgan fingerprint density at radius 2 is 2.37 bits per heavy atom.